The van der Waals surface area contributed by atoms with Gasteiger partial charge < -0.3 is 24.6 Å². The Morgan fingerprint density at radius 3 is 2.41 bits per heavy atom. The highest BCUT2D eigenvalue weighted by Gasteiger charge is 2.22. The zero-order chi connectivity index (χ0) is 24.1. The topological polar surface area (TPSA) is 66.9 Å². The van der Waals surface area contributed by atoms with Crippen LogP contribution in [0.3, 0.4) is 0 Å². The number of carbonyl (C=O) groups excluding carboxylic acids is 1. The van der Waals surface area contributed by atoms with Crippen molar-refractivity contribution >= 4 is 40.9 Å². The number of hydrogen-bond acceptors (Lipinski definition) is 7. The Bertz CT molecular complexity index is 1130. The molecule has 2 aromatic carbocycles. The molecular formula is C26H32N4O3S. The summed E-state index contributed by atoms with van der Waals surface area (Å²) < 4.78 is 10.9. The van der Waals surface area contributed by atoms with E-state index in [1.54, 1.807) is 24.3 Å². The molecule has 180 valence electrons. The summed E-state index contributed by atoms with van der Waals surface area (Å²) in [4.78, 5) is 22.0. The van der Waals surface area contributed by atoms with Gasteiger partial charge in [0, 0.05) is 30.2 Å². The number of thiol groups is 1. The molecule has 0 spiro atoms. The van der Waals surface area contributed by atoms with E-state index in [1.165, 1.54) is 0 Å². The van der Waals surface area contributed by atoms with E-state index >= 15 is 0 Å². The fourth-order valence-corrected chi connectivity index (χ4v) is 4.43. The van der Waals surface area contributed by atoms with E-state index < -0.39 is 0 Å². The number of hydrogen-bond donors (Lipinski definition) is 2. The van der Waals surface area contributed by atoms with Crippen molar-refractivity contribution in [1.82, 2.24) is 9.88 Å². The predicted octanol–water partition coefficient (Wildman–Crippen LogP) is 4.36. The van der Waals surface area contributed by atoms with Gasteiger partial charge in [-0.15, -0.1) is 12.6 Å². The number of fused-ring (bicyclic) bond motifs is 1. The van der Waals surface area contributed by atoms with Crippen molar-refractivity contribution in [1.29, 1.82) is 0 Å². The van der Waals surface area contributed by atoms with Crippen LogP contribution in [0.5, 0.6) is 11.5 Å². The van der Waals surface area contributed by atoms with Crippen LogP contribution in [-0.4, -0.2) is 61.6 Å². The van der Waals surface area contributed by atoms with Gasteiger partial charge in [0.2, 0.25) is 0 Å². The molecule has 4 rings (SSSR count). The minimum atomic E-state index is -0.221. The average Bonchev–Trinajstić information content (AvgIpc) is 2.84. The fourth-order valence-electron chi connectivity index (χ4n) is 4.28. The molecule has 1 fully saturated rings. The largest absolute Gasteiger partial charge is 0.484 e. The first kappa shape index (κ1) is 24.2. The third kappa shape index (κ3) is 5.93. The lowest BCUT2D eigenvalue weighted by Gasteiger charge is -2.36. The van der Waals surface area contributed by atoms with Crippen molar-refractivity contribution in [2.24, 2.45) is 0 Å². The van der Waals surface area contributed by atoms with Gasteiger partial charge in [0.1, 0.15) is 23.3 Å². The van der Waals surface area contributed by atoms with Crippen LogP contribution in [0.15, 0.2) is 48.5 Å². The van der Waals surface area contributed by atoms with Gasteiger partial charge in [-0.25, -0.2) is 4.98 Å². The molecule has 2 heterocycles. The van der Waals surface area contributed by atoms with E-state index in [0.717, 1.165) is 53.9 Å². The SMILES string of the molecule is Cc1cc(N2CCC(N(C)C)CC2)nc2ccc(NC(=O)COc3ccc(OCS)cc3)cc12. The summed E-state index contributed by atoms with van der Waals surface area (Å²) in [7, 11) is 4.30. The lowest BCUT2D eigenvalue weighted by Crippen LogP contribution is -2.42. The maximum atomic E-state index is 12.4. The third-order valence-corrected chi connectivity index (χ3v) is 6.36. The molecule has 3 aromatic rings. The molecule has 0 radical (unpaired) electrons. The van der Waals surface area contributed by atoms with Crippen molar-refractivity contribution in [3.8, 4) is 11.5 Å². The second-order valence-electron chi connectivity index (χ2n) is 8.79. The molecule has 1 aromatic heterocycles. The minimum Gasteiger partial charge on any atom is -0.484 e. The lowest BCUT2D eigenvalue weighted by molar-refractivity contribution is -0.118. The van der Waals surface area contributed by atoms with E-state index in [-0.39, 0.29) is 12.5 Å². The smallest absolute Gasteiger partial charge is 0.262 e. The summed E-state index contributed by atoms with van der Waals surface area (Å²) in [6.45, 7) is 4.04. The van der Waals surface area contributed by atoms with Crippen LogP contribution >= 0.6 is 12.6 Å². The summed E-state index contributed by atoms with van der Waals surface area (Å²) in [5.41, 5.74) is 2.80. The number of carbonyl (C=O) groups is 1. The van der Waals surface area contributed by atoms with Gasteiger partial charge in [-0.05, 0) is 88.0 Å². The quantitative estimate of drug-likeness (QED) is 0.369. The summed E-state index contributed by atoms with van der Waals surface area (Å²) in [5.74, 6) is 2.41. The van der Waals surface area contributed by atoms with Gasteiger partial charge in [-0.3, -0.25) is 4.79 Å². The van der Waals surface area contributed by atoms with Gasteiger partial charge in [-0.2, -0.15) is 0 Å². The summed E-state index contributed by atoms with van der Waals surface area (Å²) in [6.07, 6.45) is 2.29. The summed E-state index contributed by atoms with van der Waals surface area (Å²) in [6, 6.07) is 15.7. The van der Waals surface area contributed by atoms with Gasteiger partial charge in [0.05, 0.1) is 5.52 Å². The molecule has 1 aliphatic rings. The minimum absolute atomic E-state index is 0.0795. The predicted molar refractivity (Wildman–Crippen MR) is 140 cm³/mol. The summed E-state index contributed by atoms with van der Waals surface area (Å²) in [5, 5.41) is 3.95. The number of aryl methyl sites for hydroxylation is 1. The molecule has 0 aliphatic carbocycles. The Hall–Kier alpha value is -2.97. The molecule has 0 atom stereocenters. The number of rotatable bonds is 8. The lowest BCUT2D eigenvalue weighted by atomic mass is 10.0. The number of nitrogens with one attached hydrogen (secondary N) is 1. The molecule has 1 aliphatic heterocycles. The van der Waals surface area contributed by atoms with Crippen LogP contribution in [0.1, 0.15) is 18.4 Å². The number of benzene rings is 2. The Labute approximate surface area is 206 Å². The number of anilines is 2. The van der Waals surface area contributed by atoms with E-state index in [9.17, 15) is 4.79 Å². The first-order valence-electron chi connectivity index (χ1n) is 11.5. The molecular weight excluding hydrogens is 448 g/mol. The van der Waals surface area contributed by atoms with Crippen molar-refractivity contribution in [3.63, 3.8) is 0 Å². The second kappa shape index (κ2) is 11.0. The Morgan fingerprint density at radius 2 is 1.76 bits per heavy atom. The highest BCUT2D eigenvalue weighted by molar-refractivity contribution is 7.80. The third-order valence-electron chi connectivity index (χ3n) is 6.23. The van der Waals surface area contributed by atoms with E-state index in [1.807, 2.05) is 18.2 Å². The summed E-state index contributed by atoms with van der Waals surface area (Å²) >= 11 is 4.03. The Morgan fingerprint density at radius 1 is 1.09 bits per heavy atom. The standard InChI is InChI=1S/C26H32N4O3S/c1-18-14-25(30-12-10-20(11-13-30)29(2)3)28-24-9-4-19(15-23(18)24)27-26(31)16-32-21-5-7-22(8-6-21)33-17-34/h4-9,14-15,20,34H,10-13,16-17H2,1-3H3,(H,27,31). The molecule has 8 heteroatoms. The highest BCUT2D eigenvalue weighted by Crippen LogP contribution is 2.27. The molecule has 0 unspecified atom stereocenters. The number of aromatic nitrogens is 1. The zero-order valence-corrected chi connectivity index (χ0v) is 20.8. The van der Waals surface area contributed by atoms with Gasteiger partial charge in [0.15, 0.2) is 6.61 Å². The maximum absolute atomic E-state index is 12.4. The molecule has 1 amide bonds. The van der Waals surface area contributed by atoms with Crippen LogP contribution in [0.4, 0.5) is 11.5 Å². The van der Waals surface area contributed by atoms with Crippen LogP contribution in [0, 0.1) is 6.92 Å². The Kier molecular flexibility index (Phi) is 7.80. The molecule has 1 N–H and O–H groups in total. The average molecular weight is 481 g/mol. The van der Waals surface area contributed by atoms with Crippen molar-refractivity contribution < 1.29 is 14.3 Å². The number of ether oxygens (including phenoxy) is 2. The van der Waals surface area contributed by atoms with Gasteiger partial charge >= 0.3 is 0 Å². The van der Waals surface area contributed by atoms with E-state index in [4.69, 9.17) is 14.5 Å². The number of piperidine rings is 1. The Balaban J connectivity index is 1.37. The van der Waals surface area contributed by atoms with E-state index in [0.29, 0.717) is 23.5 Å². The van der Waals surface area contributed by atoms with Crippen LogP contribution in [0.2, 0.25) is 0 Å². The fraction of sp³-hybridized carbons (Fsp3) is 0.385. The molecule has 7 nitrogen and oxygen atoms in total. The maximum Gasteiger partial charge on any atom is 0.262 e. The van der Waals surface area contributed by atoms with Crippen LogP contribution in [0.25, 0.3) is 10.9 Å². The molecule has 0 bridgehead atoms. The highest BCUT2D eigenvalue weighted by atomic mass is 32.1. The van der Waals surface area contributed by atoms with Crippen molar-refractivity contribution in [3.05, 3.63) is 54.1 Å². The van der Waals surface area contributed by atoms with Gasteiger partial charge in [0.25, 0.3) is 5.91 Å². The first-order valence-corrected chi connectivity index (χ1v) is 12.2. The molecule has 0 saturated carbocycles. The van der Waals surface area contributed by atoms with Crippen molar-refractivity contribution in [2.45, 2.75) is 25.8 Å². The molecule has 1 saturated heterocycles. The molecule has 34 heavy (non-hydrogen) atoms. The van der Waals surface area contributed by atoms with E-state index in [2.05, 4.69) is 54.8 Å². The number of nitrogens with zero attached hydrogens (tertiary/aromatic N) is 3. The first-order chi connectivity index (χ1) is 16.4. The zero-order valence-electron chi connectivity index (χ0n) is 20.0. The van der Waals surface area contributed by atoms with Gasteiger partial charge in [-0.1, -0.05) is 0 Å². The monoisotopic (exact) mass is 480 g/mol. The second-order valence-corrected chi connectivity index (χ2v) is 9.05. The van der Waals surface area contributed by atoms with Crippen LogP contribution in [-0.2, 0) is 4.79 Å². The van der Waals surface area contributed by atoms with Crippen LogP contribution < -0.4 is 19.7 Å². The number of amides is 1. The van der Waals surface area contributed by atoms with Crippen molar-refractivity contribution in [2.75, 3.05) is 49.9 Å². The number of pyridine rings is 1. The normalized spacial score (nSPS) is 14.4.